The standard InChI is InChI=1S/C6H8O7P2/c7-14(8)5(3-1-11-3)13-6(15(9)10)4-2-12-4/h3-6H,1-2H2. The Labute approximate surface area is 87.1 Å². The molecule has 0 radical (unpaired) electrons. The Balaban J connectivity index is 1.96. The predicted molar refractivity (Wildman–Crippen MR) is 43.4 cm³/mol. The highest BCUT2D eigenvalue weighted by atomic mass is 31.1. The summed E-state index contributed by atoms with van der Waals surface area (Å²) in [6.45, 7) is 0.559. The van der Waals surface area contributed by atoms with Crippen LogP contribution in [0.1, 0.15) is 0 Å². The Morgan fingerprint density at radius 2 is 1.40 bits per heavy atom. The Morgan fingerprint density at radius 3 is 1.60 bits per heavy atom. The van der Waals surface area contributed by atoms with Crippen LogP contribution in [0.3, 0.4) is 0 Å². The first-order valence-electron chi connectivity index (χ1n) is 4.25. The van der Waals surface area contributed by atoms with Gasteiger partial charge in [0.15, 0.2) is 12.2 Å². The largest absolute Gasteiger partial charge is 0.593 e. The van der Waals surface area contributed by atoms with Crippen molar-refractivity contribution in [1.29, 1.82) is 0 Å². The van der Waals surface area contributed by atoms with Gasteiger partial charge in [0.2, 0.25) is 0 Å². The molecule has 2 saturated heterocycles. The lowest BCUT2D eigenvalue weighted by Crippen LogP contribution is -2.29. The third-order valence-electron chi connectivity index (χ3n) is 2.05. The summed E-state index contributed by atoms with van der Waals surface area (Å²) in [5, 5.41) is 0. The molecule has 0 bridgehead atoms. The molecule has 0 aromatic carbocycles. The van der Waals surface area contributed by atoms with E-state index < -0.39 is 40.0 Å². The molecule has 6 atom stereocenters. The molecular formula is C6H8O7P2. The maximum absolute atomic E-state index is 10.8. The van der Waals surface area contributed by atoms with Crippen molar-refractivity contribution >= 4 is 16.1 Å². The zero-order chi connectivity index (χ0) is 11.0. The van der Waals surface area contributed by atoms with Gasteiger partial charge in [-0.15, -0.1) is 0 Å². The van der Waals surface area contributed by atoms with Gasteiger partial charge in [-0.1, -0.05) is 9.13 Å². The summed E-state index contributed by atoms with van der Waals surface area (Å²) in [7, 11) is -5.73. The van der Waals surface area contributed by atoms with E-state index in [1.54, 1.807) is 0 Å². The van der Waals surface area contributed by atoms with E-state index in [0.717, 1.165) is 0 Å². The van der Waals surface area contributed by atoms with Gasteiger partial charge in [-0.2, -0.15) is 0 Å². The van der Waals surface area contributed by atoms with Gasteiger partial charge in [0.1, 0.15) is 0 Å². The number of hydrogen-bond donors (Lipinski definition) is 0. The van der Waals surface area contributed by atoms with Crippen molar-refractivity contribution in [2.45, 2.75) is 23.9 Å². The number of rotatable bonds is 6. The highest BCUT2D eigenvalue weighted by Gasteiger charge is 2.51. The molecule has 2 aliphatic rings. The fraction of sp³-hybridized carbons (Fsp3) is 1.00. The second-order valence-corrected chi connectivity index (χ2v) is 5.39. The van der Waals surface area contributed by atoms with Crippen LogP contribution >= 0.6 is 16.1 Å². The molecule has 9 heteroatoms. The highest BCUT2D eigenvalue weighted by Crippen LogP contribution is 2.39. The summed E-state index contributed by atoms with van der Waals surface area (Å²) in [5.41, 5.74) is 0. The van der Waals surface area contributed by atoms with Crippen molar-refractivity contribution in [2.75, 3.05) is 13.2 Å². The van der Waals surface area contributed by atoms with Gasteiger partial charge in [-0.3, -0.25) is 4.74 Å². The minimum atomic E-state index is -2.87. The first kappa shape index (κ1) is 11.5. The fourth-order valence-corrected chi connectivity index (χ4v) is 2.57. The van der Waals surface area contributed by atoms with E-state index in [0.29, 0.717) is 0 Å². The van der Waals surface area contributed by atoms with Crippen LogP contribution in [0.15, 0.2) is 0 Å². The smallest absolute Gasteiger partial charge is 0.344 e. The van der Waals surface area contributed by atoms with E-state index in [1.165, 1.54) is 0 Å². The minimum absolute atomic E-state index is 0.280. The van der Waals surface area contributed by atoms with Gasteiger partial charge in [0.25, 0.3) is 11.7 Å². The minimum Gasteiger partial charge on any atom is -0.593 e. The summed E-state index contributed by atoms with van der Waals surface area (Å²) in [5.74, 6) is -2.39. The summed E-state index contributed by atoms with van der Waals surface area (Å²) in [6, 6.07) is 0. The molecule has 2 aliphatic heterocycles. The zero-order valence-corrected chi connectivity index (χ0v) is 9.26. The molecule has 0 spiro atoms. The lowest BCUT2D eigenvalue weighted by molar-refractivity contribution is -0.185. The molecule has 2 rings (SSSR count). The summed E-state index contributed by atoms with van der Waals surface area (Å²) >= 11 is 0. The van der Waals surface area contributed by atoms with Gasteiger partial charge in [-0.05, 0) is 0 Å². The molecule has 15 heavy (non-hydrogen) atoms. The van der Waals surface area contributed by atoms with E-state index in [1.807, 2.05) is 0 Å². The van der Waals surface area contributed by atoms with Crippen molar-refractivity contribution in [3.63, 3.8) is 0 Å². The van der Waals surface area contributed by atoms with Crippen molar-refractivity contribution in [2.24, 2.45) is 0 Å². The van der Waals surface area contributed by atoms with Gasteiger partial charge in [-0.25, -0.2) is 0 Å². The molecule has 2 fully saturated rings. The van der Waals surface area contributed by atoms with Crippen LogP contribution in [-0.2, 0) is 23.3 Å². The third kappa shape index (κ3) is 2.98. The summed E-state index contributed by atoms with van der Waals surface area (Å²) in [4.78, 5) is 21.6. The van der Waals surface area contributed by atoms with Crippen LogP contribution in [0.4, 0.5) is 0 Å². The molecule has 84 valence electrons. The van der Waals surface area contributed by atoms with E-state index in [2.05, 4.69) is 0 Å². The molecule has 0 aromatic rings. The fourth-order valence-electron chi connectivity index (χ4n) is 1.13. The average molecular weight is 254 g/mol. The van der Waals surface area contributed by atoms with Gasteiger partial charge in [0.05, 0.1) is 13.2 Å². The zero-order valence-electron chi connectivity index (χ0n) is 7.48. The molecule has 6 unspecified atom stereocenters. The monoisotopic (exact) mass is 254 g/mol. The average Bonchev–Trinajstić information content (AvgIpc) is 2.99. The molecule has 0 saturated carbocycles. The number of epoxide rings is 2. The van der Waals surface area contributed by atoms with Crippen molar-refractivity contribution < 1.29 is 33.1 Å². The third-order valence-corrected chi connectivity index (χ3v) is 3.79. The molecule has 0 aromatic heterocycles. The predicted octanol–water partition coefficient (Wildman–Crippen LogP) is -1.34. The van der Waals surface area contributed by atoms with E-state index in [4.69, 9.17) is 14.2 Å². The summed E-state index contributed by atoms with van der Waals surface area (Å²) in [6.07, 6.45) is -1.08. The Morgan fingerprint density at radius 1 is 1.07 bits per heavy atom. The van der Waals surface area contributed by atoms with Crippen LogP contribution in [0.25, 0.3) is 0 Å². The number of hydrogen-bond acceptors (Lipinski definition) is 7. The van der Waals surface area contributed by atoms with E-state index >= 15 is 0 Å². The van der Waals surface area contributed by atoms with Crippen molar-refractivity contribution in [1.82, 2.24) is 0 Å². The molecule has 0 N–H and O–H groups in total. The van der Waals surface area contributed by atoms with Crippen LogP contribution in [0.5, 0.6) is 0 Å². The van der Waals surface area contributed by atoms with Crippen molar-refractivity contribution in [3.8, 4) is 0 Å². The maximum atomic E-state index is 10.8. The quantitative estimate of drug-likeness (QED) is 0.425. The van der Waals surface area contributed by atoms with E-state index in [9.17, 15) is 18.9 Å². The van der Waals surface area contributed by atoms with Crippen molar-refractivity contribution in [3.05, 3.63) is 0 Å². The second-order valence-electron chi connectivity index (χ2n) is 3.23. The Kier molecular flexibility index (Phi) is 3.42. The van der Waals surface area contributed by atoms with Gasteiger partial charge >= 0.3 is 16.1 Å². The van der Waals surface area contributed by atoms with Gasteiger partial charge < -0.3 is 19.3 Å². The van der Waals surface area contributed by atoms with Crippen LogP contribution in [0, 0.1) is 0 Å². The Bertz CT molecular complexity index is 259. The van der Waals surface area contributed by atoms with Crippen LogP contribution < -0.4 is 9.79 Å². The maximum Gasteiger partial charge on any atom is 0.344 e. The highest BCUT2D eigenvalue weighted by molar-refractivity contribution is 7.38. The van der Waals surface area contributed by atoms with Crippen LogP contribution in [0.2, 0.25) is 0 Å². The van der Waals surface area contributed by atoms with Gasteiger partial charge in [0, 0.05) is 0 Å². The first-order valence-corrected chi connectivity index (χ1v) is 6.74. The van der Waals surface area contributed by atoms with E-state index in [-0.39, 0.29) is 13.2 Å². The summed E-state index contributed by atoms with van der Waals surface area (Å²) < 4.78 is 36.1. The van der Waals surface area contributed by atoms with Crippen LogP contribution in [-0.4, -0.2) is 37.1 Å². The topological polar surface area (TPSA) is 115 Å². The normalized spacial score (nSPS) is 34.3. The first-order chi connectivity index (χ1) is 7.09. The number of ether oxygens (including phenoxy) is 3. The lowest BCUT2D eigenvalue weighted by atomic mass is 10.5. The molecule has 2 heterocycles. The second kappa shape index (κ2) is 4.47. The Hall–Kier alpha value is -0.0000000000000000416. The lowest BCUT2D eigenvalue weighted by Gasteiger charge is -2.10. The SMILES string of the molecule is O=[P+]([O-])C(OC(C1CO1)[P+](=O)[O-])C1CO1. The molecule has 0 aliphatic carbocycles. The molecule has 0 amide bonds. The molecule has 7 nitrogen and oxygen atoms in total. The molecular weight excluding hydrogens is 246 g/mol.